The number of benzene rings is 2. The summed E-state index contributed by atoms with van der Waals surface area (Å²) in [6, 6.07) is 7.02. The van der Waals surface area contributed by atoms with Gasteiger partial charge in [-0.1, -0.05) is 29.8 Å². The highest BCUT2D eigenvalue weighted by molar-refractivity contribution is 6.31. The smallest absolute Gasteiger partial charge is 0.418 e. The third kappa shape index (κ3) is 3.97. The molecule has 1 N–H and O–H groups in total. The van der Waals surface area contributed by atoms with Crippen LogP contribution in [0.3, 0.4) is 0 Å². The number of carbonyl (C=O) groups is 4. The predicted molar refractivity (Wildman–Crippen MR) is 124 cm³/mol. The molecule has 0 bridgehead atoms. The van der Waals surface area contributed by atoms with Crippen LogP contribution < -0.4 is 9.80 Å². The van der Waals surface area contributed by atoms with E-state index in [-0.39, 0.29) is 11.6 Å². The molecule has 12 heteroatoms. The molecule has 1 atom stereocenters. The van der Waals surface area contributed by atoms with Crippen molar-refractivity contribution in [2.75, 3.05) is 23.4 Å². The van der Waals surface area contributed by atoms with E-state index in [1.165, 1.54) is 23.1 Å². The quantitative estimate of drug-likeness (QED) is 0.603. The third-order valence-electron chi connectivity index (χ3n) is 6.57. The molecule has 1 saturated heterocycles. The number of aliphatic carboxylic acids is 1. The minimum absolute atomic E-state index is 0.180. The van der Waals surface area contributed by atoms with Crippen molar-refractivity contribution in [1.29, 1.82) is 0 Å². The average Bonchev–Trinajstić information content (AvgIpc) is 2.95. The van der Waals surface area contributed by atoms with E-state index >= 15 is 0 Å². The summed E-state index contributed by atoms with van der Waals surface area (Å²) in [4.78, 5) is 53.7. The number of carbonyl (C=O) groups excluding carboxylic acids is 3. The predicted octanol–water partition coefficient (Wildman–Crippen LogP) is 4.28. The number of carboxylic acid groups (broad SMARTS) is 1. The van der Waals surface area contributed by atoms with Crippen LogP contribution in [0, 0.1) is 5.92 Å². The number of nitrogens with zero attached hydrogens (tertiary/aromatic N) is 3. The van der Waals surface area contributed by atoms with Gasteiger partial charge in [0.15, 0.2) is 5.92 Å². The largest absolute Gasteiger partial charge is 0.481 e. The fourth-order valence-corrected chi connectivity index (χ4v) is 4.94. The zero-order valence-corrected chi connectivity index (χ0v) is 20.1. The van der Waals surface area contributed by atoms with Gasteiger partial charge in [-0.2, -0.15) is 13.2 Å². The SMILES string of the molecule is CN1C(=O)C(C)(C)c2ccc(N3CC(C(=O)O)C(=O)N(Cc4cccc(Cl)c4C(F)(F)F)C3=O)cc21. The molecule has 0 spiro atoms. The van der Waals surface area contributed by atoms with Crippen LogP contribution in [0.5, 0.6) is 0 Å². The van der Waals surface area contributed by atoms with Crippen LogP contribution in [-0.4, -0.2) is 47.4 Å². The number of amides is 4. The molecule has 1 unspecified atom stereocenters. The fourth-order valence-electron chi connectivity index (χ4n) is 4.64. The molecule has 2 aliphatic rings. The fraction of sp³-hybridized carbons (Fsp3) is 0.333. The summed E-state index contributed by atoms with van der Waals surface area (Å²) in [5.41, 5.74) is -1.10. The van der Waals surface area contributed by atoms with Gasteiger partial charge in [-0.15, -0.1) is 0 Å². The van der Waals surface area contributed by atoms with E-state index in [2.05, 4.69) is 0 Å². The van der Waals surface area contributed by atoms with Gasteiger partial charge in [0.2, 0.25) is 11.8 Å². The number of anilines is 2. The van der Waals surface area contributed by atoms with Crippen molar-refractivity contribution >= 4 is 46.8 Å². The summed E-state index contributed by atoms with van der Waals surface area (Å²) < 4.78 is 41.0. The second-order valence-electron chi connectivity index (χ2n) is 9.17. The first kappa shape index (κ1) is 25.5. The van der Waals surface area contributed by atoms with Gasteiger partial charge < -0.3 is 10.0 Å². The second-order valence-corrected chi connectivity index (χ2v) is 9.58. The van der Waals surface area contributed by atoms with Crippen molar-refractivity contribution in [2.45, 2.75) is 32.0 Å². The van der Waals surface area contributed by atoms with Crippen molar-refractivity contribution in [3.63, 3.8) is 0 Å². The average molecular weight is 524 g/mol. The normalized spacial score (nSPS) is 19.7. The number of carboxylic acids is 1. The van der Waals surface area contributed by atoms with Crippen LogP contribution in [0.2, 0.25) is 5.02 Å². The molecule has 2 aliphatic heterocycles. The van der Waals surface area contributed by atoms with Gasteiger partial charge in [-0.25, -0.2) is 4.79 Å². The van der Waals surface area contributed by atoms with E-state index in [0.717, 1.165) is 17.0 Å². The zero-order valence-electron chi connectivity index (χ0n) is 19.4. The lowest BCUT2D eigenvalue weighted by Gasteiger charge is -2.37. The first-order chi connectivity index (χ1) is 16.7. The highest BCUT2D eigenvalue weighted by Crippen LogP contribution is 2.43. The maximum absolute atomic E-state index is 13.7. The topological polar surface area (TPSA) is 98.2 Å². The Morgan fingerprint density at radius 1 is 1.17 bits per heavy atom. The zero-order chi connectivity index (χ0) is 26.7. The number of fused-ring (bicyclic) bond motifs is 1. The summed E-state index contributed by atoms with van der Waals surface area (Å²) in [5.74, 6) is -4.55. The maximum atomic E-state index is 13.7. The lowest BCUT2D eigenvalue weighted by atomic mass is 9.86. The van der Waals surface area contributed by atoms with Gasteiger partial charge in [-0.05, 0) is 43.2 Å². The highest BCUT2D eigenvalue weighted by Gasteiger charge is 2.46. The van der Waals surface area contributed by atoms with E-state index in [4.69, 9.17) is 11.6 Å². The Morgan fingerprint density at radius 3 is 2.44 bits per heavy atom. The Morgan fingerprint density at radius 2 is 1.83 bits per heavy atom. The molecule has 8 nitrogen and oxygen atoms in total. The molecule has 0 saturated carbocycles. The van der Waals surface area contributed by atoms with Gasteiger partial charge in [0.05, 0.1) is 22.5 Å². The van der Waals surface area contributed by atoms with Crippen molar-refractivity contribution in [3.05, 3.63) is 58.1 Å². The van der Waals surface area contributed by atoms with Crippen molar-refractivity contribution < 1.29 is 37.5 Å². The van der Waals surface area contributed by atoms with Crippen LogP contribution in [0.25, 0.3) is 0 Å². The van der Waals surface area contributed by atoms with Crippen molar-refractivity contribution in [1.82, 2.24) is 4.90 Å². The van der Waals surface area contributed by atoms with E-state index < -0.39 is 64.7 Å². The Bertz CT molecular complexity index is 1310. The molecule has 36 heavy (non-hydrogen) atoms. The number of hydrogen-bond acceptors (Lipinski definition) is 4. The molecule has 2 heterocycles. The van der Waals surface area contributed by atoms with Crippen LogP contribution in [0.15, 0.2) is 36.4 Å². The summed E-state index contributed by atoms with van der Waals surface area (Å²) in [7, 11) is 1.56. The molecule has 1 fully saturated rings. The molecular formula is C24H21ClF3N3O5. The molecule has 2 aromatic rings. The number of likely N-dealkylation sites (N-methyl/N-ethyl adjacent to an activating group) is 1. The number of halogens is 4. The van der Waals surface area contributed by atoms with Gasteiger partial charge >= 0.3 is 18.2 Å². The Balaban J connectivity index is 1.77. The lowest BCUT2D eigenvalue weighted by Crippen LogP contribution is -2.58. The van der Waals surface area contributed by atoms with Crippen molar-refractivity contribution in [3.8, 4) is 0 Å². The second kappa shape index (κ2) is 8.51. The number of hydrogen-bond donors (Lipinski definition) is 1. The lowest BCUT2D eigenvalue weighted by molar-refractivity contribution is -0.151. The van der Waals surface area contributed by atoms with E-state index in [0.29, 0.717) is 16.2 Å². The number of alkyl halides is 3. The number of rotatable bonds is 4. The molecule has 0 aliphatic carbocycles. The summed E-state index contributed by atoms with van der Waals surface area (Å²) in [6.45, 7) is 2.13. The Labute approximate surface area is 208 Å². The van der Waals surface area contributed by atoms with E-state index in [1.54, 1.807) is 27.0 Å². The molecule has 4 rings (SSSR count). The number of urea groups is 1. The summed E-state index contributed by atoms with van der Waals surface area (Å²) >= 11 is 5.77. The first-order valence-corrected chi connectivity index (χ1v) is 11.2. The number of imide groups is 1. The minimum atomic E-state index is -4.87. The molecule has 0 radical (unpaired) electrons. The molecule has 2 aromatic carbocycles. The van der Waals surface area contributed by atoms with E-state index in [9.17, 15) is 37.5 Å². The van der Waals surface area contributed by atoms with Crippen LogP contribution in [-0.2, 0) is 32.5 Å². The van der Waals surface area contributed by atoms with Gasteiger partial charge in [0, 0.05) is 25.0 Å². The highest BCUT2D eigenvalue weighted by atomic mass is 35.5. The molecule has 4 amide bonds. The Kier molecular flexibility index (Phi) is 6.02. The standard InChI is InChI=1S/C24H21ClF3N3O5/c1-23(2)15-8-7-13(9-17(15)29(3)21(23)35)30-11-14(20(33)34)19(32)31(22(30)36)10-12-5-4-6-16(25)18(12)24(26,27)28/h4-9,14H,10-11H2,1-3H3,(H,33,34). The maximum Gasteiger partial charge on any atom is 0.418 e. The van der Waals surface area contributed by atoms with Crippen LogP contribution >= 0.6 is 11.6 Å². The van der Waals surface area contributed by atoms with Crippen LogP contribution in [0.4, 0.5) is 29.3 Å². The minimum Gasteiger partial charge on any atom is -0.481 e. The molecular weight excluding hydrogens is 503 g/mol. The van der Waals surface area contributed by atoms with Gasteiger partial charge in [0.25, 0.3) is 0 Å². The third-order valence-corrected chi connectivity index (χ3v) is 6.88. The molecule has 190 valence electrons. The van der Waals surface area contributed by atoms with Gasteiger partial charge in [0.1, 0.15) is 0 Å². The summed E-state index contributed by atoms with van der Waals surface area (Å²) in [6.07, 6.45) is -4.87. The van der Waals surface area contributed by atoms with E-state index in [1.807, 2.05) is 0 Å². The van der Waals surface area contributed by atoms with Crippen molar-refractivity contribution in [2.24, 2.45) is 5.92 Å². The summed E-state index contributed by atoms with van der Waals surface area (Å²) in [5, 5.41) is 9.02. The first-order valence-electron chi connectivity index (χ1n) is 10.8. The van der Waals surface area contributed by atoms with Gasteiger partial charge in [-0.3, -0.25) is 24.2 Å². The monoisotopic (exact) mass is 523 g/mol. The van der Waals surface area contributed by atoms with Crippen LogP contribution in [0.1, 0.15) is 30.5 Å². The molecule has 0 aromatic heterocycles. The Hall–Kier alpha value is -3.60.